The van der Waals surface area contributed by atoms with E-state index < -0.39 is 33.9 Å². The monoisotopic (exact) mass is 622 g/mol. The van der Waals surface area contributed by atoms with Crippen LogP contribution in [0.2, 0.25) is 0 Å². The molecule has 1 amide bonds. The maximum Gasteiger partial charge on any atom is 0.415 e. The van der Waals surface area contributed by atoms with Gasteiger partial charge < -0.3 is 25.0 Å². The van der Waals surface area contributed by atoms with Gasteiger partial charge in [0.15, 0.2) is 0 Å². The number of carboxylic acids is 1. The fourth-order valence-corrected chi connectivity index (χ4v) is 6.21. The lowest BCUT2D eigenvalue weighted by Gasteiger charge is -2.27. The van der Waals surface area contributed by atoms with E-state index in [1.807, 2.05) is 18.7 Å². The van der Waals surface area contributed by atoms with E-state index >= 15 is 0 Å². The fourth-order valence-electron chi connectivity index (χ4n) is 4.96. The van der Waals surface area contributed by atoms with Crippen molar-refractivity contribution >= 4 is 39.1 Å². The van der Waals surface area contributed by atoms with Crippen LogP contribution in [0, 0.1) is 18.3 Å². The SMILES string of the molecule is C#CN(c1ccc(N(CC)CC)cc1N[C@H](Cc1ccc(OC(=O)N2CCCC2)cc1)C(=O)O)S(=O)(=O)c1ccc(F)cc1. The molecule has 1 aliphatic heterocycles. The summed E-state index contributed by atoms with van der Waals surface area (Å²) in [5, 5.41) is 13.1. The number of hydrogen-bond donors (Lipinski definition) is 2. The van der Waals surface area contributed by atoms with E-state index in [1.54, 1.807) is 41.3 Å². The first-order valence-electron chi connectivity index (χ1n) is 14.3. The number of terminal acetylenes is 1. The Labute approximate surface area is 257 Å². The molecule has 0 aliphatic carbocycles. The number of sulfonamides is 1. The first-order valence-corrected chi connectivity index (χ1v) is 15.7. The molecule has 44 heavy (non-hydrogen) atoms. The predicted molar refractivity (Wildman–Crippen MR) is 167 cm³/mol. The second kappa shape index (κ2) is 14.1. The summed E-state index contributed by atoms with van der Waals surface area (Å²) in [6.07, 6.45) is 7.18. The minimum atomic E-state index is -4.34. The third-order valence-electron chi connectivity index (χ3n) is 7.36. The van der Waals surface area contributed by atoms with Gasteiger partial charge in [0.1, 0.15) is 17.6 Å². The number of halogens is 1. The van der Waals surface area contributed by atoms with Crippen LogP contribution in [0.3, 0.4) is 0 Å². The summed E-state index contributed by atoms with van der Waals surface area (Å²) in [5.74, 6) is -1.44. The lowest BCUT2D eigenvalue weighted by Crippen LogP contribution is -2.33. The zero-order valence-corrected chi connectivity index (χ0v) is 25.4. The number of hydrogen-bond acceptors (Lipinski definition) is 7. The minimum Gasteiger partial charge on any atom is -0.480 e. The van der Waals surface area contributed by atoms with E-state index in [2.05, 4.69) is 11.4 Å². The number of rotatable bonds is 12. The molecule has 1 atom stereocenters. The van der Waals surface area contributed by atoms with Gasteiger partial charge in [-0.2, -0.15) is 4.31 Å². The third-order valence-corrected chi connectivity index (χ3v) is 9.01. The highest BCUT2D eigenvalue weighted by Gasteiger charge is 2.29. The molecule has 10 nitrogen and oxygen atoms in total. The van der Waals surface area contributed by atoms with Crippen molar-refractivity contribution in [1.82, 2.24) is 4.90 Å². The van der Waals surface area contributed by atoms with Gasteiger partial charge in [-0.25, -0.2) is 22.4 Å². The second-order valence-electron chi connectivity index (χ2n) is 10.2. The van der Waals surface area contributed by atoms with Crippen molar-refractivity contribution in [2.45, 2.75) is 44.0 Å². The molecule has 0 spiro atoms. The highest BCUT2D eigenvalue weighted by atomic mass is 32.2. The number of nitrogens with one attached hydrogen (secondary N) is 1. The lowest BCUT2D eigenvalue weighted by molar-refractivity contribution is -0.137. The van der Waals surface area contributed by atoms with E-state index in [9.17, 15) is 27.5 Å². The van der Waals surface area contributed by atoms with Crippen molar-refractivity contribution in [2.75, 3.05) is 40.7 Å². The molecule has 1 heterocycles. The van der Waals surface area contributed by atoms with Crippen LogP contribution in [0.15, 0.2) is 71.6 Å². The zero-order chi connectivity index (χ0) is 31.9. The highest BCUT2D eigenvalue weighted by Crippen LogP contribution is 2.35. The Bertz CT molecular complexity index is 1610. The number of carboxylic acid groups (broad SMARTS) is 1. The Morgan fingerprint density at radius 2 is 1.68 bits per heavy atom. The van der Waals surface area contributed by atoms with Crippen molar-refractivity contribution in [3.8, 4) is 18.2 Å². The van der Waals surface area contributed by atoms with Crippen molar-refractivity contribution in [2.24, 2.45) is 0 Å². The molecule has 1 saturated heterocycles. The number of carbonyl (C=O) groups is 2. The van der Waals surface area contributed by atoms with Gasteiger partial charge in [0, 0.05) is 44.3 Å². The average molecular weight is 623 g/mol. The third kappa shape index (κ3) is 7.41. The molecular formula is C32H35FN4O6S. The van der Waals surface area contributed by atoms with Gasteiger partial charge in [-0.05, 0) is 86.8 Å². The van der Waals surface area contributed by atoms with Gasteiger partial charge >= 0.3 is 12.1 Å². The van der Waals surface area contributed by atoms with Crippen molar-refractivity contribution in [3.05, 3.63) is 78.1 Å². The summed E-state index contributed by atoms with van der Waals surface area (Å²) in [6.45, 7) is 6.54. The van der Waals surface area contributed by atoms with E-state index in [-0.39, 0.29) is 22.7 Å². The summed E-state index contributed by atoms with van der Waals surface area (Å²) in [6, 6.07) is 16.7. The van der Waals surface area contributed by atoms with Gasteiger partial charge in [0.2, 0.25) is 0 Å². The summed E-state index contributed by atoms with van der Waals surface area (Å²) < 4.78 is 46.7. The van der Waals surface area contributed by atoms with Gasteiger partial charge in [0.05, 0.1) is 16.3 Å². The first kappa shape index (κ1) is 32.2. The van der Waals surface area contributed by atoms with E-state index in [0.29, 0.717) is 41.8 Å². The molecular weight excluding hydrogens is 587 g/mol. The maximum absolute atomic E-state index is 13.5. The first-order chi connectivity index (χ1) is 21.1. The number of benzene rings is 3. The van der Waals surface area contributed by atoms with Gasteiger partial charge in [-0.15, -0.1) is 0 Å². The molecule has 0 saturated carbocycles. The van der Waals surface area contributed by atoms with Crippen LogP contribution in [0.4, 0.5) is 26.2 Å². The van der Waals surface area contributed by atoms with Crippen LogP contribution in [-0.2, 0) is 21.2 Å². The van der Waals surface area contributed by atoms with E-state index in [1.165, 1.54) is 6.07 Å². The molecule has 4 rings (SSSR count). The molecule has 1 aliphatic rings. The fraction of sp³-hybridized carbons (Fsp3) is 0.312. The van der Waals surface area contributed by atoms with Crippen LogP contribution in [-0.4, -0.2) is 62.7 Å². The molecule has 0 bridgehead atoms. The largest absolute Gasteiger partial charge is 0.480 e. The molecule has 12 heteroatoms. The van der Waals surface area contributed by atoms with Crippen LogP contribution in [0.1, 0.15) is 32.3 Å². The number of aliphatic carboxylic acids is 1. The Morgan fingerprint density at radius 3 is 2.25 bits per heavy atom. The molecule has 3 aromatic rings. The number of likely N-dealkylation sites (tertiary alicyclic amines) is 1. The maximum atomic E-state index is 13.5. The summed E-state index contributed by atoms with van der Waals surface area (Å²) in [4.78, 5) is 28.2. The average Bonchev–Trinajstić information content (AvgIpc) is 3.55. The van der Waals surface area contributed by atoms with Crippen molar-refractivity contribution < 1.29 is 32.2 Å². The number of ether oxygens (including phenoxy) is 1. The van der Waals surface area contributed by atoms with E-state index in [4.69, 9.17) is 11.2 Å². The molecule has 3 aromatic carbocycles. The topological polar surface area (TPSA) is 119 Å². The van der Waals surface area contributed by atoms with Gasteiger partial charge in [0.25, 0.3) is 10.0 Å². The smallest absolute Gasteiger partial charge is 0.415 e. The zero-order valence-electron chi connectivity index (χ0n) is 24.6. The normalized spacial score (nSPS) is 13.5. The molecule has 1 fully saturated rings. The molecule has 0 radical (unpaired) electrons. The molecule has 0 unspecified atom stereocenters. The minimum absolute atomic E-state index is 0.0192. The highest BCUT2D eigenvalue weighted by molar-refractivity contribution is 7.93. The van der Waals surface area contributed by atoms with Crippen molar-refractivity contribution in [3.63, 3.8) is 0 Å². The summed E-state index contributed by atoms with van der Waals surface area (Å²) >= 11 is 0. The summed E-state index contributed by atoms with van der Waals surface area (Å²) in [7, 11) is -4.34. The Balaban J connectivity index is 1.64. The predicted octanol–water partition coefficient (Wildman–Crippen LogP) is 5.16. The van der Waals surface area contributed by atoms with Crippen molar-refractivity contribution in [1.29, 1.82) is 0 Å². The number of carbonyl (C=O) groups excluding carboxylic acids is 1. The van der Waals surface area contributed by atoms with Gasteiger partial charge in [-0.3, -0.25) is 0 Å². The quantitative estimate of drug-likeness (QED) is 0.210. The number of amides is 1. The molecule has 2 N–H and O–H groups in total. The second-order valence-corrected chi connectivity index (χ2v) is 12.0. The molecule has 232 valence electrons. The van der Waals surface area contributed by atoms with Crippen LogP contribution in [0.25, 0.3) is 0 Å². The Hall–Kier alpha value is -4.76. The lowest BCUT2D eigenvalue weighted by atomic mass is 10.0. The Kier molecular flexibility index (Phi) is 10.3. The van der Waals surface area contributed by atoms with Crippen LogP contribution >= 0.6 is 0 Å². The van der Waals surface area contributed by atoms with Crippen LogP contribution in [0.5, 0.6) is 5.75 Å². The Morgan fingerprint density at radius 1 is 1.05 bits per heavy atom. The standard InChI is InChI=1S/C32H35FN4O6S/c1-4-35(5-2)25-13-18-30(37(6-3)44(41,42)27-16-11-24(33)12-17-27)28(22-25)34-29(31(38)39)21-23-9-14-26(15-10-23)43-32(40)36-19-7-8-20-36/h3,9-18,22,29,34H,4-5,7-8,19-21H2,1-2H3,(H,38,39)/t29-/m1/s1. The number of anilines is 3. The molecule has 0 aromatic heterocycles. The van der Waals surface area contributed by atoms with Crippen LogP contribution < -0.4 is 19.3 Å². The summed E-state index contributed by atoms with van der Waals surface area (Å²) in [5.41, 5.74) is 1.58. The number of nitrogens with zero attached hydrogens (tertiary/aromatic N) is 3. The van der Waals surface area contributed by atoms with E-state index in [0.717, 1.165) is 42.8 Å². The van der Waals surface area contributed by atoms with Gasteiger partial charge in [-0.1, -0.05) is 18.6 Å².